The van der Waals surface area contributed by atoms with E-state index in [0.29, 0.717) is 4.91 Å². The van der Waals surface area contributed by atoms with E-state index < -0.39 is 12.5 Å². The Morgan fingerprint density at radius 1 is 1.17 bits per heavy atom. The average molecular weight is 443 g/mol. The molecule has 0 saturated carbocycles. The number of carboxylic acid groups (broad SMARTS) is 1. The number of hydrogen-bond acceptors (Lipinski definition) is 5. The summed E-state index contributed by atoms with van der Waals surface area (Å²) in [7, 11) is 2.12. The number of thiocarbonyl (C=S) groups is 1. The van der Waals surface area contributed by atoms with E-state index >= 15 is 0 Å². The summed E-state index contributed by atoms with van der Waals surface area (Å²) < 4.78 is 0.279. The molecule has 0 spiro atoms. The fourth-order valence-electron chi connectivity index (χ4n) is 3.57. The summed E-state index contributed by atoms with van der Waals surface area (Å²) >= 11 is 6.35. The summed E-state index contributed by atoms with van der Waals surface area (Å²) in [5.41, 5.74) is 2.09. The lowest BCUT2D eigenvalue weighted by molar-refractivity contribution is -0.140. The Morgan fingerprint density at radius 3 is 2.60 bits per heavy atom. The number of carbonyl (C=O) groups is 2. The maximum absolute atomic E-state index is 12.6. The van der Waals surface area contributed by atoms with Gasteiger partial charge in [-0.15, -0.1) is 0 Å². The van der Waals surface area contributed by atoms with Gasteiger partial charge in [0.05, 0.1) is 4.91 Å². The zero-order valence-corrected chi connectivity index (χ0v) is 18.9. The Bertz CT molecular complexity index is 1000. The van der Waals surface area contributed by atoms with E-state index in [2.05, 4.69) is 31.0 Å². The van der Waals surface area contributed by atoms with Crippen LogP contribution in [-0.4, -0.2) is 46.3 Å². The molecule has 0 bridgehead atoms. The Kier molecular flexibility index (Phi) is 7.50. The summed E-state index contributed by atoms with van der Waals surface area (Å²) in [5.74, 6) is -1.43. The van der Waals surface area contributed by atoms with Crippen LogP contribution in [0.4, 0.5) is 5.69 Å². The summed E-state index contributed by atoms with van der Waals surface area (Å²) in [5, 5.41) is 11.2. The Labute approximate surface area is 186 Å². The second-order valence-corrected chi connectivity index (χ2v) is 9.04. The zero-order valence-electron chi connectivity index (χ0n) is 17.3. The SMILES string of the molecule is CCCCCCN(C)c1ccc(/C=C2\SC(=S)N(CC(=O)O)C2=O)c2ccccc12. The summed E-state index contributed by atoms with van der Waals surface area (Å²) in [6.45, 7) is 2.80. The quantitative estimate of drug-likeness (QED) is 0.330. The van der Waals surface area contributed by atoms with Crippen molar-refractivity contribution in [3.8, 4) is 0 Å². The average Bonchev–Trinajstić information content (AvgIpc) is 2.98. The minimum atomic E-state index is -1.08. The number of aliphatic carboxylic acids is 1. The van der Waals surface area contributed by atoms with Gasteiger partial charge in [-0.25, -0.2) is 0 Å². The van der Waals surface area contributed by atoms with Crippen molar-refractivity contribution in [3.63, 3.8) is 0 Å². The second-order valence-electron chi connectivity index (χ2n) is 7.36. The minimum absolute atomic E-state index is 0.279. The monoisotopic (exact) mass is 442 g/mol. The fraction of sp³-hybridized carbons (Fsp3) is 0.348. The molecule has 3 rings (SSSR count). The molecule has 0 atom stereocenters. The fourth-order valence-corrected chi connectivity index (χ4v) is 4.82. The van der Waals surface area contributed by atoms with Crippen LogP contribution < -0.4 is 4.90 Å². The van der Waals surface area contributed by atoms with Crippen LogP contribution in [0.2, 0.25) is 0 Å². The molecule has 7 heteroatoms. The molecule has 1 aliphatic rings. The molecule has 1 saturated heterocycles. The van der Waals surface area contributed by atoms with Crippen LogP contribution in [0.1, 0.15) is 38.2 Å². The molecule has 2 aromatic rings. The highest BCUT2D eigenvalue weighted by atomic mass is 32.2. The molecule has 1 aliphatic heterocycles. The number of carbonyl (C=O) groups excluding carboxylic acids is 1. The topological polar surface area (TPSA) is 60.9 Å². The van der Waals surface area contributed by atoms with Gasteiger partial charge in [0.2, 0.25) is 0 Å². The number of rotatable bonds is 9. The molecule has 158 valence electrons. The van der Waals surface area contributed by atoms with E-state index in [1.54, 1.807) is 0 Å². The standard InChI is InChI=1S/C23H26N2O3S2/c1-3-4-5-8-13-24(2)19-12-11-16(17-9-6-7-10-18(17)19)14-20-22(28)25(15-21(26)27)23(29)30-20/h6-7,9-12,14H,3-5,8,13,15H2,1-2H3,(H,26,27)/b20-14-. The van der Waals surface area contributed by atoms with E-state index in [-0.39, 0.29) is 10.2 Å². The summed E-state index contributed by atoms with van der Waals surface area (Å²) in [4.78, 5) is 27.5. The Hall–Kier alpha value is -2.38. The highest BCUT2D eigenvalue weighted by Gasteiger charge is 2.33. The van der Waals surface area contributed by atoms with Crippen LogP contribution in [0.15, 0.2) is 41.3 Å². The van der Waals surface area contributed by atoms with Gasteiger partial charge in [-0.1, -0.05) is 80.5 Å². The first kappa shape index (κ1) is 22.3. The normalized spacial score (nSPS) is 15.4. The maximum Gasteiger partial charge on any atom is 0.323 e. The third-order valence-electron chi connectivity index (χ3n) is 5.15. The number of carboxylic acids is 1. The number of fused-ring (bicyclic) bond motifs is 1. The number of amides is 1. The van der Waals surface area contributed by atoms with E-state index in [4.69, 9.17) is 17.3 Å². The van der Waals surface area contributed by atoms with Crippen LogP contribution in [-0.2, 0) is 9.59 Å². The van der Waals surface area contributed by atoms with Gasteiger partial charge in [0.15, 0.2) is 0 Å². The second kappa shape index (κ2) is 10.1. The van der Waals surface area contributed by atoms with Crippen molar-refractivity contribution < 1.29 is 14.7 Å². The molecule has 1 N–H and O–H groups in total. The van der Waals surface area contributed by atoms with Gasteiger partial charge >= 0.3 is 5.97 Å². The third-order valence-corrected chi connectivity index (χ3v) is 6.52. The predicted octanol–water partition coefficient (Wildman–Crippen LogP) is 5.14. The van der Waals surface area contributed by atoms with Crippen molar-refractivity contribution in [2.24, 2.45) is 0 Å². The molecule has 0 unspecified atom stereocenters. The van der Waals surface area contributed by atoms with Gasteiger partial charge < -0.3 is 10.0 Å². The molecule has 0 radical (unpaired) electrons. The molecule has 2 aromatic carbocycles. The molecule has 5 nitrogen and oxygen atoms in total. The molecule has 1 fully saturated rings. The lowest BCUT2D eigenvalue weighted by Crippen LogP contribution is -2.33. The van der Waals surface area contributed by atoms with E-state index in [9.17, 15) is 9.59 Å². The Balaban J connectivity index is 1.90. The molecular formula is C23H26N2O3S2. The number of nitrogens with zero attached hydrogens (tertiary/aromatic N) is 2. The Morgan fingerprint density at radius 2 is 1.90 bits per heavy atom. The number of hydrogen-bond donors (Lipinski definition) is 1. The number of benzene rings is 2. The van der Waals surface area contributed by atoms with Gasteiger partial charge in [-0.3, -0.25) is 14.5 Å². The van der Waals surface area contributed by atoms with Crippen molar-refractivity contribution in [3.05, 3.63) is 46.9 Å². The lowest BCUT2D eigenvalue weighted by Gasteiger charge is -2.22. The van der Waals surface area contributed by atoms with Crippen molar-refractivity contribution in [2.75, 3.05) is 25.0 Å². The lowest BCUT2D eigenvalue weighted by atomic mass is 10.0. The van der Waals surface area contributed by atoms with Crippen LogP contribution in [0.3, 0.4) is 0 Å². The van der Waals surface area contributed by atoms with Crippen molar-refractivity contribution >= 4 is 62.7 Å². The van der Waals surface area contributed by atoms with Gasteiger partial charge in [0, 0.05) is 24.7 Å². The van der Waals surface area contributed by atoms with E-state index in [0.717, 1.165) is 51.7 Å². The van der Waals surface area contributed by atoms with Gasteiger partial charge in [0.1, 0.15) is 10.9 Å². The predicted molar refractivity (Wildman–Crippen MR) is 129 cm³/mol. The van der Waals surface area contributed by atoms with Crippen molar-refractivity contribution in [1.82, 2.24) is 4.90 Å². The molecule has 0 aliphatic carbocycles. The summed E-state index contributed by atoms with van der Waals surface area (Å²) in [6.07, 6.45) is 6.68. The molecule has 30 heavy (non-hydrogen) atoms. The van der Waals surface area contributed by atoms with Crippen LogP contribution in [0, 0.1) is 0 Å². The van der Waals surface area contributed by atoms with Gasteiger partial charge in [-0.05, 0) is 29.5 Å². The highest BCUT2D eigenvalue weighted by molar-refractivity contribution is 8.26. The largest absolute Gasteiger partial charge is 0.480 e. The molecule has 1 heterocycles. The summed E-state index contributed by atoms with van der Waals surface area (Å²) in [6, 6.07) is 12.3. The highest BCUT2D eigenvalue weighted by Crippen LogP contribution is 2.35. The van der Waals surface area contributed by atoms with E-state index in [1.807, 2.05) is 30.3 Å². The first-order valence-electron chi connectivity index (χ1n) is 10.1. The van der Waals surface area contributed by atoms with Crippen molar-refractivity contribution in [2.45, 2.75) is 32.6 Å². The number of thioether (sulfide) groups is 1. The third kappa shape index (κ3) is 5.02. The number of unbranched alkanes of at least 4 members (excludes halogenated alkanes) is 3. The van der Waals surface area contributed by atoms with E-state index in [1.165, 1.54) is 19.3 Å². The van der Waals surface area contributed by atoms with Crippen LogP contribution >= 0.6 is 24.0 Å². The first-order valence-corrected chi connectivity index (χ1v) is 11.3. The molecule has 1 amide bonds. The van der Waals surface area contributed by atoms with Gasteiger partial charge in [0.25, 0.3) is 5.91 Å². The van der Waals surface area contributed by atoms with Gasteiger partial charge in [-0.2, -0.15) is 0 Å². The smallest absolute Gasteiger partial charge is 0.323 e. The molecular weight excluding hydrogens is 416 g/mol. The van der Waals surface area contributed by atoms with Crippen LogP contribution in [0.5, 0.6) is 0 Å². The van der Waals surface area contributed by atoms with Crippen LogP contribution in [0.25, 0.3) is 16.8 Å². The molecule has 0 aromatic heterocycles. The zero-order chi connectivity index (χ0) is 21.7. The maximum atomic E-state index is 12.6. The first-order chi connectivity index (χ1) is 14.4. The number of anilines is 1. The van der Waals surface area contributed by atoms with Crippen molar-refractivity contribution in [1.29, 1.82) is 0 Å². The minimum Gasteiger partial charge on any atom is -0.480 e.